The molecule has 1 aliphatic rings. The van der Waals surface area contributed by atoms with Gasteiger partial charge in [-0.25, -0.2) is 4.39 Å². The van der Waals surface area contributed by atoms with Crippen LogP contribution in [-0.2, 0) is 0 Å². The fraction of sp³-hybridized carbons (Fsp3) is 0.462. The minimum absolute atomic E-state index is 0. The zero-order valence-electron chi connectivity index (χ0n) is 10.7. The Kier molecular flexibility index (Phi) is 6.04. The lowest BCUT2D eigenvalue weighted by atomic mass is 10.0. The zero-order chi connectivity index (χ0) is 13.1. The average Bonchev–Trinajstić information content (AvgIpc) is 2.41. The third-order valence-corrected chi connectivity index (χ3v) is 3.76. The molecule has 19 heavy (non-hydrogen) atoms. The maximum Gasteiger partial charge on any atom is 0.255 e. The fourth-order valence-electron chi connectivity index (χ4n) is 2.21. The van der Waals surface area contributed by atoms with Crippen molar-refractivity contribution in [1.29, 1.82) is 0 Å². The summed E-state index contributed by atoms with van der Waals surface area (Å²) in [5, 5.41) is 3.11. The lowest BCUT2D eigenvalue weighted by Crippen LogP contribution is -2.44. The van der Waals surface area contributed by atoms with Gasteiger partial charge in [0, 0.05) is 19.1 Å². The number of piperidine rings is 1. The molecule has 1 aromatic rings. The third kappa shape index (κ3) is 3.59. The molecule has 0 bridgehead atoms. The third-order valence-electron chi connectivity index (χ3n) is 3.37. The SMILES string of the molecule is CNC1CCN(C(=O)c2cccc(F)c2Cl)CC1.Cl. The average molecular weight is 307 g/mol. The van der Waals surface area contributed by atoms with Gasteiger partial charge in [0.2, 0.25) is 0 Å². The summed E-state index contributed by atoms with van der Waals surface area (Å²) in [5.41, 5.74) is 0.250. The van der Waals surface area contributed by atoms with Crippen LogP contribution in [-0.4, -0.2) is 37.0 Å². The standard InChI is InChI=1S/C13H16ClFN2O.ClH/c1-16-9-5-7-17(8-6-9)13(18)10-3-2-4-11(15)12(10)14;/h2-4,9,16H,5-8H2,1H3;1H. The van der Waals surface area contributed by atoms with Crippen LogP contribution < -0.4 is 5.32 Å². The smallest absolute Gasteiger partial charge is 0.255 e. The van der Waals surface area contributed by atoms with Gasteiger partial charge in [0.1, 0.15) is 5.82 Å². The molecule has 0 unspecified atom stereocenters. The van der Waals surface area contributed by atoms with Crippen LogP contribution in [0.25, 0.3) is 0 Å². The molecule has 2 rings (SSSR count). The molecule has 0 spiro atoms. The summed E-state index contributed by atoms with van der Waals surface area (Å²) >= 11 is 5.83. The zero-order valence-corrected chi connectivity index (χ0v) is 12.2. The molecule has 1 fully saturated rings. The second kappa shape index (κ2) is 7.08. The van der Waals surface area contributed by atoms with Gasteiger partial charge in [0.05, 0.1) is 10.6 Å². The second-order valence-corrected chi connectivity index (χ2v) is 4.83. The van der Waals surface area contributed by atoms with Gasteiger partial charge in [0.15, 0.2) is 0 Å². The first-order valence-corrected chi connectivity index (χ1v) is 6.42. The van der Waals surface area contributed by atoms with E-state index in [-0.39, 0.29) is 28.9 Å². The number of benzene rings is 1. The summed E-state index contributed by atoms with van der Waals surface area (Å²) in [5.74, 6) is -0.735. The quantitative estimate of drug-likeness (QED) is 0.911. The predicted molar refractivity (Wildman–Crippen MR) is 76.6 cm³/mol. The number of hydrogen-bond donors (Lipinski definition) is 1. The number of carbonyl (C=O) groups is 1. The molecule has 1 aromatic carbocycles. The molecular formula is C13H17Cl2FN2O. The first-order valence-electron chi connectivity index (χ1n) is 6.04. The summed E-state index contributed by atoms with van der Waals surface area (Å²) in [6, 6.07) is 4.79. The van der Waals surface area contributed by atoms with Gasteiger partial charge in [-0.15, -0.1) is 12.4 Å². The van der Waals surface area contributed by atoms with Gasteiger partial charge in [-0.2, -0.15) is 0 Å². The normalized spacial score (nSPS) is 16.1. The Balaban J connectivity index is 0.00000180. The van der Waals surface area contributed by atoms with Crippen LogP contribution >= 0.6 is 24.0 Å². The van der Waals surface area contributed by atoms with Crippen LogP contribution in [0.15, 0.2) is 18.2 Å². The molecule has 106 valence electrons. The van der Waals surface area contributed by atoms with Crippen molar-refractivity contribution in [1.82, 2.24) is 10.2 Å². The van der Waals surface area contributed by atoms with Gasteiger partial charge in [0.25, 0.3) is 5.91 Å². The molecule has 1 amide bonds. The van der Waals surface area contributed by atoms with Gasteiger partial charge in [-0.05, 0) is 32.0 Å². The van der Waals surface area contributed by atoms with Gasteiger partial charge < -0.3 is 10.2 Å². The Labute approximate surface area is 123 Å². The van der Waals surface area contributed by atoms with Gasteiger partial charge >= 0.3 is 0 Å². The molecule has 3 nitrogen and oxygen atoms in total. The molecule has 0 atom stereocenters. The van der Waals surface area contributed by atoms with E-state index >= 15 is 0 Å². The van der Waals surface area contributed by atoms with E-state index in [0.29, 0.717) is 19.1 Å². The van der Waals surface area contributed by atoms with E-state index in [9.17, 15) is 9.18 Å². The summed E-state index contributed by atoms with van der Waals surface area (Å²) in [4.78, 5) is 14.0. The highest BCUT2D eigenvalue weighted by molar-refractivity contribution is 6.34. The van der Waals surface area contributed by atoms with E-state index in [4.69, 9.17) is 11.6 Å². The fourth-order valence-corrected chi connectivity index (χ4v) is 2.42. The number of halogens is 3. The highest BCUT2D eigenvalue weighted by Gasteiger charge is 2.24. The van der Waals surface area contributed by atoms with E-state index < -0.39 is 5.82 Å². The van der Waals surface area contributed by atoms with Crippen molar-refractivity contribution in [2.45, 2.75) is 18.9 Å². The lowest BCUT2D eigenvalue weighted by molar-refractivity contribution is 0.0707. The first kappa shape index (κ1) is 16.2. The van der Waals surface area contributed by atoms with E-state index in [2.05, 4.69) is 5.32 Å². The topological polar surface area (TPSA) is 32.3 Å². The van der Waals surface area contributed by atoms with E-state index in [1.165, 1.54) is 12.1 Å². The highest BCUT2D eigenvalue weighted by atomic mass is 35.5. The van der Waals surface area contributed by atoms with Crippen molar-refractivity contribution in [2.75, 3.05) is 20.1 Å². The Morgan fingerprint density at radius 1 is 1.42 bits per heavy atom. The Morgan fingerprint density at radius 3 is 2.63 bits per heavy atom. The number of amides is 1. The van der Waals surface area contributed by atoms with Crippen molar-refractivity contribution in [3.05, 3.63) is 34.6 Å². The number of nitrogens with zero attached hydrogens (tertiary/aromatic N) is 1. The molecule has 0 aliphatic carbocycles. The molecule has 1 heterocycles. The van der Waals surface area contributed by atoms with Crippen LogP contribution in [0.5, 0.6) is 0 Å². The highest BCUT2D eigenvalue weighted by Crippen LogP contribution is 2.22. The number of nitrogens with one attached hydrogen (secondary N) is 1. The summed E-state index contributed by atoms with van der Waals surface area (Å²) < 4.78 is 13.3. The molecule has 1 saturated heterocycles. The van der Waals surface area contributed by atoms with Crippen molar-refractivity contribution in [2.24, 2.45) is 0 Å². The van der Waals surface area contributed by atoms with Gasteiger partial charge in [-0.3, -0.25) is 4.79 Å². The van der Waals surface area contributed by atoms with Crippen molar-refractivity contribution < 1.29 is 9.18 Å². The van der Waals surface area contributed by atoms with Gasteiger partial charge in [-0.1, -0.05) is 17.7 Å². The number of likely N-dealkylation sites (tertiary alicyclic amines) is 1. The van der Waals surface area contributed by atoms with Crippen molar-refractivity contribution in [3.63, 3.8) is 0 Å². The summed E-state index contributed by atoms with van der Waals surface area (Å²) in [7, 11) is 1.92. The summed E-state index contributed by atoms with van der Waals surface area (Å²) in [6.45, 7) is 1.36. The minimum atomic E-state index is -0.548. The van der Waals surface area contributed by atoms with Crippen molar-refractivity contribution in [3.8, 4) is 0 Å². The van der Waals surface area contributed by atoms with Crippen LogP contribution in [0.3, 0.4) is 0 Å². The molecule has 6 heteroatoms. The van der Waals surface area contributed by atoms with E-state index in [1.807, 2.05) is 7.05 Å². The molecular weight excluding hydrogens is 290 g/mol. The summed E-state index contributed by atoms with van der Waals surface area (Å²) in [6.07, 6.45) is 1.82. The van der Waals surface area contributed by atoms with Crippen LogP contribution in [0.4, 0.5) is 4.39 Å². The minimum Gasteiger partial charge on any atom is -0.338 e. The molecule has 1 aliphatic heterocycles. The molecule has 0 saturated carbocycles. The second-order valence-electron chi connectivity index (χ2n) is 4.46. The maximum absolute atomic E-state index is 13.3. The maximum atomic E-state index is 13.3. The Hall–Kier alpha value is -0.840. The van der Waals surface area contributed by atoms with E-state index in [0.717, 1.165) is 12.8 Å². The van der Waals surface area contributed by atoms with Crippen LogP contribution in [0.1, 0.15) is 23.2 Å². The Morgan fingerprint density at radius 2 is 2.05 bits per heavy atom. The van der Waals surface area contributed by atoms with Crippen LogP contribution in [0, 0.1) is 5.82 Å². The molecule has 0 radical (unpaired) electrons. The molecule has 1 N–H and O–H groups in total. The lowest BCUT2D eigenvalue weighted by Gasteiger charge is -2.32. The van der Waals surface area contributed by atoms with Crippen molar-refractivity contribution >= 4 is 29.9 Å². The Bertz CT molecular complexity index is 448. The monoisotopic (exact) mass is 306 g/mol. The predicted octanol–water partition coefficient (Wildman–Crippen LogP) is 2.72. The first-order chi connectivity index (χ1) is 8.63. The van der Waals surface area contributed by atoms with Crippen LogP contribution in [0.2, 0.25) is 5.02 Å². The number of rotatable bonds is 2. The molecule has 0 aromatic heterocycles. The largest absolute Gasteiger partial charge is 0.338 e. The number of carbonyl (C=O) groups excluding carboxylic acids is 1. The number of hydrogen-bond acceptors (Lipinski definition) is 2. The van der Waals surface area contributed by atoms with E-state index in [1.54, 1.807) is 11.0 Å².